The van der Waals surface area contributed by atoms with Crippen LogP contribution in [-0.2, 0) is 9.59 Å². The van der Waals surface area contributed by atoms with Crippen LogP contribution in [0, 0.1) is 0 Å². The Balaban J connectivity index is 3.10. The molecule has 0 aliphatic rings. The molecule has 1 aromatic carbocycles. The molecule has 2 amide bonds. The van der Waals surface area contributed by atoms with Crippen molar-refractivity contribution in [2.75, 3.05) is 27.3 Å². The van der Waals surface area contributed by atoms with Crippen molar-refractivity contribution in [3.05, 3.63) is 29.8 Å². The van der Waals surface area contributed by atoms with Gasteiger partial charge in [-0.2, -0.15) is 0 Å². The first-order valence-corrected chi connectivity index (χ1v) is 6.87. The molecule has 0 unspecified atom stereocenters. The molecule has 6 heteroatoms. The van der Waals surface area contributed by atoms with Gasteiger partial charge < -0.3 is 15.2 Å². The molecule has 0 heterocycles. The van der Waals surface area contributed by atoms with Crippen LogP contribution in [0.3, 0.4) is 0 Å². The number of carbonyl (C=O) groups is 2. The molecule has 0 saturated heterocycles. The average Bonchev–Trinajstić information content (AvgIpc) is 2.51. The summed E-state index contributed by atoms with van der Waals surface area (Å²) in [5, 5.41) is 0. The molecule has 0 aliphatic carbocycles. The van der Waals surface area contributed by atoms with E-state index in [0.717, 1.165) is 10.5 Å². The highest BCUT2D eigenvalue weighted by Gasteiger charge is 2.16. The van der Waals surface area contributed by atoms with Crippen molar-refractivity contribution in [1.29, 1.82) is 0 Å². The highest BCUT2D eigenvalue weighted by Crippen LogP contribution is 2.29. The second-order valence-electron chi connectivity index (χ2n) is 4.69. The molecule has 120 valence electrons. The summed E-state index contributed by atoms with van der Waals surface area (Å²) in [7, 11) is 3.11. The normalized spacial score (nSPS) is 11.0. The zero-order valence-electron chi connectivity index (χ0n) is 13.4. The van der Waals surface area contributed by atoms with Crippen molar-refractivity contribution in [1.82, 2.24) is 4.90 Å². The van der Waals surface area contributed by atoms with E-state index >= 15 is 0 Å². The molecule has 1 aromatic rings. The standard InChI is InChI=1S/C16H22N2O4/c1-11(9-16(20)18(8-7-17)12(2)19)14-6-5-13(21-3)10-15(14)22-4/h5-6,9-10H,7-8,17H2,1-4H3/b11-9+. The lowest BCUT2D eigenvalue weighted by molar-refractivity contribution is -0.140. The summed E-state index contributed by atoms with van der Waals surface area (Å²) in [4.78, 5) is 24.8. The van der Waals surface area contributed by atoms with Crippen molar-refractivity contribution in [2.24, 2.45) is 5.73 Å². The quantitative estimate of drug-likeness (QED) is 0.804. The number of benzene rings is 1. The van der Waals surface area contributed by atoms with Crippen LogP contribution in [0.2, 0.25) is 0 Å². The second kappa shape index (κ2) is 8.19. The lowest BCUT2D eigenvalue weighted by Gasteiger charge is -2.17. The van der Waals surface area contributed by atoms with Crippen LogP contribution < -0.4 is 15.2 Å². The minimum absolute atomic E-state index is 0.192. The molecule has 0 aromatic heterocycles. The fourth-order valence-electron chi connectivity index (χ4n) is 2.02. The molecular weight excluding hydrogens is 284 g/mol. The van der Waals surface area contributed by atoms with Gasteiger partial charge in [0.25, 0.3) is 5.91 Å². The molecule has 0 bridgehead atoms. The highest BCUT2D eigenvalue weighted by molar-refractivity contribution is 6.04. The van der Waals surface area contributed by atoms with Gasteiger partial charge in [0, 0.05) is 37.7 Å². The van der Waals surface area contributed by atoms with E-state index in [1.165, 1.54) is 13.0 Å². The Morgan fingerprint density at radius 1 is 1.23 bits per heavy atom. The largest absolute Gasteiger partial charge is 0.497 e. The van der Waals surface area contributed by atoms with Crippen LogP contribution >= 0.6 is 0 Å². The average molecular weight is 306 g/mol. The molecule has 1 rings (SSSR count). The van der Waals surface area contributed by atoms with Crippen molar-refractivity contribution in [3.63, 3.8) is 0 Å². The van der Waals surface area contributed by atoms with Gasteiger partial charge in [0.05, 0.1) is 14.2 Å². The van der Waals surface area contributed by atoms with Crippen molar-refractivity contribution in [3.8, 4) is 11.5 Å². The zero-order chi connectivity index (χ0) is 16.7. The molecule has 0 spiro atoms. The van der Waals surface area contributed by atoms with E-state index in [4.69, 9.17) is 15.2 Å². The van der Waals surface area contributed by atoms with Crippen LogP contribution in [-0.4, -0.2) is 44.0 Å². The number of rotatable bonds is 6. The van der Waals surface area contributed by atoms with Gasteiger partial charge in [0.15, 0.2) is 0 Å². The summed E-state index contributed by atoms with van der Waals surface area (Å²) in [6, 6.07) is 5.32. The lowest BCUT2D eigenvalue weighted by Crippen LogP contribution is -2.37. The van der Waals surface area contributed by atoms with Gasteiger partial charge >= 0.3 is 0 Å². The van der Waals surface area contributed by atoms with E-state index in [9.17, 15) is 9.59 Å². The number of hydrogen-bond donors (Lipinski definition) is 1. The fourth-order valence-corrected chi connectivity index (χ4v) is 2.02. The number of imide groups is 1. The van der Waals surface area contributed by atoms with Crippen molar-refractivity contribution >= 4 is 17.4 Å². The molecule has 0 radical (unpaired) electrons. The highest BCUT2D eigenvalue weighted by atomic mass is 16.5. The van der Waals surface area contributed by atoms with E-state index in [-0.39, 0.29) is 19.0 Å². The van der Waals surface area contributed by atoms with Gasteiger partial charge in [0.1, 0.15) is 11.5 Å². The summed E-state index contributed by atoms with van der Waals surface area (Å²) in [5.41, 5.74) is 6.87. The Bertz CT molecular complexity index is 582. The summed E-state index contributed by atoms with van der Waals surface area (Å²) < 4.78 is 10.5. The van der Waals surface area contributed by atoms with Gasteiger partial charge in [-0.05, 0) is 24.6 Å². The Kier molecular flexibility index (Phi) is 6.59. The lowest BCUT2D eigenvalue weighted by atomic mass is 10.1. The molecule has 0 atom stereocenters. The van der Waals surface area contributed by atoms with Gasteiger partial charge in [-0.1, -0.05) is 0 Å². The molecular formula is C16H22N2O4. The first kappa shape index (κ1) is 17.7. The van der Waals surface area contributed by atoms with Crippen LogP contribution in [0.15, 0.2) is 24.3 Å². The van der Waals surface area contributed by atoms with Crippen LogP contribution in [0.5, 0.6) is 11.5 Å². The summed E-state index contributed by atoms with van der Waals surface area (Å²) in [5.74, 6) is 0.525. The predicted molar refractivity (Wildman–Crippen MR) is 84.6 cm³/mol. The number of nitrogens with zero attached hydrogens (tertiary/aromatic N) is 1. The van der Waals surface area contributed by atoms with Gasteiger partial charge in [-0.15, -0.1) is 0 Å². The Labute approximate surface area is 130 Å². The van der Waals surface area contributed by atoms with E-state index in [0.29, 0.717) is 17.1 Å². The van der Waals surface area contributed by atoms with Gasteiger partial charge in [-0.25, -0.2) is 0 Å². The smallest absolute Gasteiger partial charge is 0.253 e. The SMILES string of the molecule is COc1ccc(/C(C)=C/C(=O)N(CCN)C(C)=O)c(OC)c1. The molecule has 0 fully saturated rings. The number of amides is 2. The van der Waals surface area contributed by atoms with E-state index in [1.54, 1.807) is 39.3 Å². The topological polar surface area (TPSA) is 81.9 Å². The Morgan fingerprint density at radius 3 is 2.41 bits per heavy atom. The first-order valence-electron chi connectivity index (χ1n) is 6.87. The van der Waals surface area contributed by atoms with Crippen LogP contribution in [0.4, 0.5) is 0 Å². The number of allylic oxidation sites excluding steroid dienone is 1. The zero-order valence-corrected chi connectivity index (χ0v) is 13.4. The third-order valence-corrected chi connectivity index (χ3v) is 3.17. The number of carbonyl (C=O) groups excluding carboxylic acids is 2. The minimum atomic E-state index is -0.395. The monoisotopic (exact) mass is 306 g/mol. The summed E-state index contributed by atoms with van der Waals surface area (Å²) in [6.07, 6.45) is 1.40. The summed E-state index contributed by atoms with van der Waals surface area (Å²) in [6.45, 7) is 3.54. The van der Waals surface area contributed by atoms with Crippen molar-refractivity contribution < 1.29 is 19.1 Å². The fraction of sp³-hybridized carbons (Fsp3) is 0.375. The maximum atomic E-state index is 12.2. The van der Waals surface area contributed by atoms with Crippen LogP contribution in [0.1, 0.15) is 19.4 Å². The van der Waals surface area contributed by atoms with E-state index in [2.05, 4.69) is 0 Å². The Hall–Kier alpha value is -2.34. The van der Waals surface area contributed by atoms with Gasteiger partial charge in [-0.3, -0.25) is 14.5 Å². The maximum Gasteiger partial charge on any atom is 0.253 e. The number of hydrogen-bond acceptors (Lipinski definition) is 5. The number of nitrogens with two attached hydrogens (primary N) is 1. The van der Waals surface area contributed by atoms with E-state index in [1.807, 2.05) is 0 Å². The first-order chi connectivity index (χ1) is 10.4. The third-order valence-electron chi connectivity index (χ3n) is 3.17. The molecule has 22 heavy (non-hydrogen) atoms. The maximum absolute atomic E-state index is 12.2. The van der Waals surface area contributed by atoms with E-state index < -0.39 is 5.91 Å². The minimum Gasteiger partial charge on any atom is -0.497 e. The number of ether oxygens (including phenoxy) is 2. The number of methoxy groups -OCH3 is 2. The molecule has 6 nitrogen and oxygen atoms in total. The van der Waals surface area contributed by atoms with Crippen LogP contribution in [0.25, 0.3) is 5.57 Å². The molecule has 2 N–H and O–H groups in total. The Morgan fingerprint density at radius 2 is 1.91 bits per heavy atom. The molecule has 0 saturated carbocycles. The predicted octanol–water partition coefficient (Wildman–Crippen LogP) is 1.44. The van der Waals surface area contributed by atoms with Gasteiger partial charge in [0.2, 0.25) is 5.91 Å². The molecule has 0 aliphatic heterocycles. The van der Waals surface area contributed by atoms with Crippen molar-refractivity contribution in [2.45, 2.75) is 13.8 Å². The summed E-state index contributed by atoms with van der Waals surface area (Å²) >= 11 is 0. The second-order valence-corrected chi connectivity index (χ2v) is 4.69. The third kappa shape index (κ3) is 4.33.